The standard InChI is InChI=1S/C37H48N4.C2H6/c1-6-9-22-37(4,5)27-34-33-26-31(20-21-35(33)41(8-3)36(34)32-19-15-23-38-28-32)30-18-14-17-29(25-30)16-12-10-11-13-24-40-39-7-2;1-2/h6-7,14-15,17-21,23,25-26,28,39-40H,1-2,8-13,16,22,24,27H2,3-5H3;1-2H3. The van der Waals surface area contributed by atoms with Gasteiger partial charge in [-0.25, -0.2) is 5.43 Å². The number of aromatic nitrogens is 2. The topological polar surface area (TPSA) is 41.9 Å². The zero-order valence-electron chi connectivity index (χ0n) is 27.4. The third-order valence-electron chi connectivity index (χ3n) is 8.08. The smallest absolute Gasteiger partial charge is 0.0539 e. The van der Waals surface area contributed by atoms with Gasteiger partial charge in [-0.1, -0.05) is 83.5 Å². The summed E-state index contributed by atoms with van der Waals surface area (Å²) >= 11 is 0. The van der Waals surface area contributed by atoms with Crippen molar-refractivity contribution < 1.29 is 0 Å². The maximum atomic E-state index is 4.49. The highest BCUT2D eigenvalue weighted by Gasteiger charge is 2.25. The Morgan fingerprint density at radius 2 is 1.67 bits per heavy atom. The Morgan fingerprint density at radius 3 is 2.40 bits per heavy atom. The summed E-state index contributed by atoms with van der Waals surface area (Å²) in [4.78, 5) is 4.49. The molecule has 0 radical (unpaired) electrons. The summed E-state index contributed by atoms with van der Waals surface area (Å²) < 4.78 is 2.48. The van der Waals surface area contributed by atoms with E-state index in [4.69, 9.17) is 0 Å². The molecule has 0 atom stereocenters. The molecule has 4 nitrogen and oxygen atoms in total. The molecule has 4 rings (SSSR count). The molecule has 0 saturated heterocycles. The van der Waals surface area contributed by atoms with Gasteiger partial charge >= 0.3 is 0 Å². The first-order chi connectivity index (χ1) is 21.0. The second-order valence-electron chi connectivity index (χ2n) is 11.9. The van der Waals surface area contributed by atoms with Gasteiger partial charge in [-0.3, -0.25) is 4.98 Å². The highest BCUT2D eigenvalue weighted by molar-refractivity contribution is 5.94. The fourth-order valence-corrected chi connectivity index (χ4v) is 5.95. The molecule has 4 heteroatoms. The number of hydrogen-bond acceptors (Lipinski definition) is 3. The number of benzene rings is 2. The Labute approximate surface area is 261 Å². The minimum absolute atomic E-state index is 0.159. The lowest BCUT2D eigenvalue weighted by Gasteiger charge is -2.25. The van der Waals surface area contributed by atoms with Crippen molar-refractivity contribution in [1.29, 1.82) is 0 Å². The summed E-state index contributed by atoms with van der Waals surface area (Å²) in [6.07, 6.45) is 16.8. The minimum atomic E-state index is 0.159. The molecule has 2 aromatic heterocycles. The number of nitrogens with one attached hydrogen (secondary N) is 2. The molecule has 0 unspecified atom stereocenters. The van der Waals surface area contributed by atoms with Gasteiger partial charge in [0.1, 0.15) is 0 Å². The molecular weight excluding hydrogens is 524 g/mol. The molecule has 230 valence electrons. The first-order valence-electron chi connectivity index (χ1n) is 16.3. The van der Waals surface area contributed by atoms with Crippen LogP contribution in [0.4, 0.5) is 0 Å². The van der Waals surface area contributed by atoms with Gasteiger partial charge in [0.05, 0.1) is 5.69 Å². The van der Waals surface area contributed by atoms with Crippen LogP contribution in [-0.4, -0.2) is 16.1 Å². The lowest BCUT2D eigenvalue weighted by atomic mass is 9.80. The number of nitrogens with zero attached hydrogens (tertiary/aromatic N) is 2. The van der Waals surface area contributed by atoms with Crippen molar-refractivity contribution in [3.8, 4) is 22.4 Å². The van der Waals surface area contributed by atoms with Gasteiger partial charge < -0.3 is 9.99 Å². The van der Waals surface area contributed by atoms with Crippen molar-refractivity contribution in [2.24, 2.45) is 5.41 Å². The first kappa shape index (κ1) is 33.9. The summed E-state index contributed by atoms with van der Waals surface area (Å²) in [6, 6.07) is 20.5. The van der Waals surface area contributed by atoms with Crippen LogP contribution in [0.2, 0.25) is 0 Å². The van der Waals surface area contributed by atoms with Crippen molar-refractivity contribution in [3.05, 3.63) is 104 Å². The molecule has 0 amide bonds. The van der Waals surface area contributed by atoms with E-state index < -0.39 is 0 Å². The van der Waals surface area contributed by atoms with E-state index in [2.05, 4.69) is 103 Å². The number of rotatable bonds is 17. The fraction of sp³-hybridized carbons (Fsp3) is 0.410. The average Bonchev–Trinajstić information content (AvgIpc) is 3.34. The molecule has 43 heavy (non-hydrogen) atoms. The van der Waals surface area contributed by atoms with Gasteiger partial charge in [0.2, 0.25) is 0 Å². The number of allylic oxidation sites excluding steroid dienone is 1. The molecular formula is C39H54N4. The Bertz CT molecular complexity index is 1410. The zero-order valence-corrected chi connectivity index (χ0v) is 27.4. The maximum absolute atomic E-state index is 4.49. The van der Waals surface area contributed by atoms with Crippen molar-refractivity contribution in [2.45, 2.75) is 92.5 Å². The molecule has 0 bridgehead atoms. The SMILES string of the molecule is C=CCCC(C)(C)Cc1c(-c2cccnc2)n(CC)c2ccc(-c3cccc(CCCCCCNNC=C)c3)cc12.CC. The van der Waals surface area contributed by atoms with Crippen molar-refractivity contribution in [1.82, 2.24) is 20.4 Å². The molecule has 2 aromatic carbocycles. The van der Waals surface area contributed by atoms with Crippen LogP contribution in [0.25, 0.3) is 33.3 Å². The molecule has 2 N–H and O–H groups in total. The number of hydrogen-bond donors (Lipinski definition) is 2. The largest absolute Gasteiger partial charge is 0.340 e. The minimum Gasteiger partial charge on any atom is -0.340 e. The second-order valence-corrected chi connectivity index (χ2v) is 11.9. The van der Waals surface area contributed by atoms with E-state index in [1.807, 2.05) is 38.4 Å². The van der Waals surface area contributed by atoms with Gasteiger partial charge in [0.25, 0.3) is 0 Å². The van der Waals surface area contributed by atoms with E-state index in [9.17, 15) is 0 Å². The fourth-order valence-electron chi connectivity index (χ4n) is 5.95. The quantitative estimate of drug-likeness (QED) is 0.0744. The van der Waals surface area contributed by atoms with Crippen molar-refractivity contribution >= 4 is 10.9 Å². The van der Waals surface area contributed by atoms with E-state index >= 15 is 0 Å². The predicted molar refractivity (Wildman–Crippen MR) is 188 cm³/mol. The number of hydrazine groups is 1. The Hall–Kier alpha value is -3.63. The van der Waals surface area contributed by atoms with E-state index in [-0.39, 0.29) is 5.41 Å². The lowest BCUT2D eigenvalue weighted by molar-refractivity contribution is 0.337. The number of fused-ring (bicyclic) bond motifs is 1. The highest BCUT2D eigenvalue weighted by Crippen LogP contribution is 2.40. The van der Waals surface area contributed by atoms with Crippen LogP contribution in [0.15, 0.2) is 92.4 Å². The molecule has 0 aliphatic rings. The summed E-state index contributed by atoms with van der Waals surface area (Å²) in [7, 11) is 0. The first-order valence-corrected chi connectivity index (χ1v) is 16.3. The van der Waals surface area contributed by atoms with Crippen LogP contribution >= 0.6 is 0 Å². The van der Waals surface area contributed by atoms with Gasteiger partial charge in [-0.2, -0.15) is 0 Å². The predicted octanol–water partition coefficient (Wildman–Crippen LogP) is 10.3. The van der Waals surface area contributed by atoms with Crippen LogP contribution in [0.3, 0.4) is 0 Å². The lowest BCUT2D eigenvalue weighted by Crippen LogP contribution is -2.27. The van der Waals surface area contributed by atoms with Gasteiger partial charge in [-0.15, -0.1) is 6.58 Å². The summed E-state index contributed by atoms with van der Waals surface area (Å²) in [5.41, 5.74) is 15.5. The molecule has 0 aliphatic heterocycles. The van der Waals surface area contributed by atoms with Gasteiger partial charge in [-0.05, 0) is 97.4 Å². The van der Waals surface area contributed by atoms with E-state index in [1.165, 1.54) is 70.1 Å². The third kappa shape index (κ3) is 9.43. The summed E-state index contributed by atoms with van der Waals surface area (Å²) in [6.45, 7) is 20.6. The van der Waals surface area contributed by atoms with Crippen molar-refractivity contribution in [3.63, 3.8) is 0 Å². The summed E-state index contributed by atoms with van der Waals surface area (Å²) in [5, 5.41) is 1.36. The zero-order chi connectivity index (χ0) is 31.1. The molecule has 4 aromatic rings. The number of unbranched alkanes of at least 4 members (excludes halogenated alkanes) is 3. The Balaban J connectivity index is 0.00000248. The highest BCUT2D eigenvalue weighted by atomic mass is 15.3. The van der Waals surface area contributed by atoms with E-state index in [0.717, 1.165) is 38.8 Å². The molecule has 0 spiro atoms. The Morgan fingerprint density at radius 1 is 0.907 bits per heavy atom. The Kier molecular flexibility index (Phi) is 13.8. The van der Waals surface area contributed by atoms with Gasteiger partial charge in [0, 0.05) is 48.1 Å². The number of pyridine rings is 1. The third-order valence-corrected chi connectivity index (χ3v) is 8.08. The normalized spacial score (nSPS) is 11.2. The van der Waals surface area contributed by atoms with Crippen LogP contribution in [0.5, 0.6) is 0 Å². The molecule has 0 aliphatic carbocycles. The van der Waals surface area contributed by atoms with Crippen LogP contribution in [0.1, 0.15) is 84.3 Å². The van der Waals surface area contributed by atoms with Crippen LogP contribution < -0.4 is 10.9 Å². The summed E-state index contributed by atoms with van der Waals surface area (Å²) in [5.74, 6) is 0. The molecule has 0 fully saturated rings. The monoisotopic (exact) mass is 578 g/mol. The molecule has 2 heterocycles. The number of aryl methyl sites for hydroxylation is 2. The molecule has 0 saturated carbocycles. The van der Waals surface area contributed by atoms with E-state index in [0.29, 0.717) is 0 Å². The van der Waals surface area contributed by atoms with Crippen molar-refractivity contribution in [2.75, 3.05) is 6.54 Å². The second kappa shape index (κ2) is 17.5. The van der Waals surface area contributed by atoms with Crippen LogP contribution in [-0.2, 0) is 19.4 Å². The average molecular weight is 579 g/mol. The van der Waals surface area contributed by atoms with Gasteiger partial charge in [0.15, 0.2) is 0 Å². The maximum Gasteiger partial charge on any atom is 0.0539 e. The van der Waals surface area contributed by atoms with E-state index in [1.54, 1.807) is 6.20 Å². The van der Waals surface area contributed by atoms with Crippen LogP contribution in [0, 0.1) is 5.41 Å².